The van der Waals surface area contributed by atoms with Crippen molar-refractivity contribution in [2.24, 2.45) is 0 Å². The van der Waals surface area contributed by atoms with Crippen LogP contribution in [0.1, 0.15) is 75.6 Å². The molecule has 192 valence electrons. The number of nitrogens with zero attached hydrogens (tertiary/aromatic N) is 2. The molecular weight excluding hydrogens is 477 g/mol. The molecule has 4 rings (SSSR count). The van der Waals surface area contributed by atoms with Crippen LogP contribution in [0.4, 0.5) is 0 Å². The molecule has 1 heterocycles. The van der Waals surface area contributed by atoms with Crippen LogP contribution >= 0.6 is 10.0 Å². The highest BCUT2D eigenvalue weighted by atomic mass is 32.3. The molecule has 0 bridgehead atoms. The Balaban J connectivity index is 2.09. The SMILES string of the molecule is [B]C(C)(C)c1ccc(-c2nc3ccccc3n2-c2c(C(C)C)cc(C([B])([B])S(C)(C)C)cc2C(C)C)cc1. The fourth-order valence-corrected chi connectivity index (χ4v) is 5.72. The average Bonchev–Trinajstić information content (AvgIpc) is 3.21. The van der Waals surface area contributed by atoms with Crippen LogP contribution in [0.2, 0.25) is 0 Å². The lowest BCUT2D eigenvalue weighted by Gasteiger charge is -2.46. The van der Waals surface area contributed by atoms with E-state index in [0.717, 1.165) is 33.5 Å². The van der Waals surface area contributed by atoms with Gasteiger partial charge in [0.15, 0.2) is 0 Å². The van der Waals surface area contributed by atoms with E-state index in [-0.39, 0.29) is 11.8 Å². The third-order valence-corrected chi connectivity index (χ3v) is 9.81. The van der Waals surface area contributed by atoms with E-state index >= 15 is 0 Å². The third-order valence-electron chi connectivity index (χ3n) is 7.55. The Hall–Kier alpha value is -2.33. The molecule has 0 fully saturated rings. The molecule has 3 aromatic carbocycles. The van der Waals surface area contributed by atoms with Gasteiger partial charge in [-0.05, 0) is 63.7 Å². The van der Waals surface area contributed by atoms with Gasteiger partial charge in [0.1, 0.15) is 5.82 Å². The first-order valence-electron chi connectivity index (χ1n) is 13.4. The Bertz CT molecular complexity index is 1420. The van der Waals surface area contributed by atoms with Crippen molar-refractivity contribution in [2.45, 2.75) is 63.2 Å². The summed E-state index contributed by atoms with van der Waals surface area (Å²) < 4.78 is 1.44. The molecule has 0 unspecified atom stereocenters. The van der Waals surface area contributed by atoms with Gasteiger partial charge in [-0.1, -0.05) is 101 Å². The maximum absolute atomic E-state index is 6.87. The highest BCUT2D eigenvalue weighted by Gasteiger charge is 2.32. The number of rotatable bonds is 7. The summed E-state index contributed by atoms with van der Waals surface area (Å²) in [4.78, 5) is 5.15. The van der Waals surface area contributed by atoms with Gasteiger partial charge in [0, 0.05) is 5.56 Å². The summed E-state index contributed by atoms with van der Waals surface area (Å²) >= 11 is 0. The Morgan fingerprint density at radius 3 is 1.76 bits per heavy atom. The molecule has 0 spiro atoms. The number of fused-ring (bicyclic) bond motifs is 1. The number of para-hydroxylation sites is 2. The minimum Gasteiger partial charge on any atom is -0.292 e. The second kappa shape index (κ2) is 10.0. The fourth-order valence-electron chi connectivity index (χ4n) is 4.89. The van der Waals surface area contributed by atoms with Gasteiger partial charge in [0.25, 0.3) is 0 Å². The van der Waals surface area contributed by atoms with Gasteiger partial charge in [-0.2, -0.15) is 0 Å². The van der Waals surface area contributed by atoms with Crippen molar-refractivity contribution in [3.05, 3.63) is 82.9 Å². The Kier molecular flexibility index (Phi) is 7.55. The zero-order chi connectivity index (χ0) is 28.2. The fraction of sp³-hybridized carbons (Fsp3) is 0.406. The van der Waals surface area contributed by atoms with Gasteiger partial charge < -0.3 is 0 Å². The lowest BCUT2D eigenvalue weighted by Crippen LogP contribution is -2.33. The van der Waals surface area contributed by atoms with Gasteiger partial charge in [0.2, 0.25) is 0 Å². The van der Waals surface area contributed by atoms with Crippen LogP contribution in [0.15, 0.2) is 60.7 Å². The van der Waals surface area contributed by atoms with Gasteiger partial charge in [-0.25, -0.2) is 4.98 Å². The summed E-state index contributed by atoms with van der Waals surface area (Å²) in [6.07, 6.45) is 6.54. The Morgan fingerprint density at radius 1 is 0.763 bits per heavy atom. The molecule has 6 radical (unpaired) electrons. The van der Waals surface area contributed by atoms with E-state index in [1.807, 2.05) is 19.9 Å². The van der Waals surface area contributed by atoms with Crippen molar-refractivity contribution in [2.75, 3.05) is 18.8 Å². The molecule has 0 saturated carbocycles. The topological polar surface area (TPSA) is 17.8 Å². The van der Waals surface area contributed by atoms with E-state index in [2.05, 4.69) is 106 Å². The predicted octanol–water partition coefficient (Wildman–Crippen LogP) is 7.48. The van der Waals surface area contributed by atoms with Gasteiger partial charge in [-0.15, -0.1) is 0 Å². The predicted molar refractivity (Wildman–Crippen MR) is 172 cm³/mol. The van der Waals surface area contributed by atoms with E-state index in [1.165, 1.54) is 16.8 Å². The summed E-state index contributed by atoms with van der Waals surface area (Å²) in [6, 6.07) is 21.3. The molecule has 0 N–H and O–H groups in total. The first kappa shape index (κ1) is 28.7. The maximum atomic E-state index is 6.87. The molecule has 0 aliphatic heterocycles. The third kappa shape index (κ3) is 5.14. The van der Waals surface area contributed by atoms with Crippen molar-refractivity contribution in [3.63, 3.8) is 0 Å². The Labute approximate surface area is 235 Å². The molecule has 1 aromatic heterocycles. The van der Waals surface area contributed by atoms with Crippen molar-refractivity contribution < 1.29 is 0 Å². The summed E-state index contributed by atoms with van der Waals surface area (Å²) in [5.74, 6) is 1.42. The molecule has 0 amide bonds. The minimum absolute atomic E-state index is 0.252. The van der Waals surface area contributed by atoms with Crippen molar-refractivity contribution >= 4 is 44.6 Å². The van der Waals surface area contributed by atoms with Crippen LogP contribution in [-0.4, -0.2) is 51.9 Å². The second-order valence-electron chi connectivity index (χ2n) is 12.5. The first-order chi connectivity index (χ1) is 17.5. The van der Waals surface area contributed by atoms with E-state index in [0.29, 0.717) is 0 Å². The number of aromatic nitrogens is 2. The van der Waals surface area contributed by atoms with Gasteiger partial charge >= 0.3 is 0 Å². The van der Waals surface area contributed by atoms with Crippen molar-refractivity contribution in [1.82, 2.24) is 9.55 Å². The minimum atomic E-state index is -1.28. The van der Waals surface area contributed by atoms with Crippen LogP contribution < -0.4 is 0 Å². The zero-order valence-electron chi connectivity index (χ0n) is 24.5. The normalized spacial score (nSPS) is 13.6. The van der Waals surface area contributed by atoms with Gasteiger partial charge in [-0.3, -0.25) is 14.6 Å². The molecule has 0 saturated heterocycles. The van der Waals surface area contributed by atoms with E-state index in [4.69, 9.17) is 28.5 Å². The Morgan fingerprint density at radius 2 is 1.29 bits per heavy atom. The molecule has 6 heteroatoms. The zero-order valence-corrected chi connectivity index (χ0v) is 25.3. The van der Waals surface area contributed by atoms with Crippen LogP contribution in [0, 0.1) is 0 Å². The van der Waals surface area contributed by atoms with E-state index in [9.17, 15) is 0 Å². The molecule has 0 atom stereocenters. The van der Waals surface area contributed by atoms with Crippen LogP contribution in [0.3, 0.4) is 0 Å². The van der Waals surface area contributed by atoms with Gasteiger partial charge in [0.05, 0.1) is 40.3 Å². The lowest BCUT2D eigenvalue weighted by atomic mass is 9.64. The van der Waals surface area contributed by atoms with E-state index in [1.54, 1.807) is 0 Å². The van der Waals surface area contributed by atoms with Crippen LogP contribution in [-0.2, 0) is 9.86 Å². The molecule has 38 heavy (non-hydrogen) atoms. The highest BCUT2D eigenvalue weighted by molar-refractivity contribution is 8.34. The highest BCUT2D eigenvalue weighted by Crippen LogP contribution is 2.53. The maximum Gasteiger partial charge on any atom is 0.145 e. The van der Waals surface area contributed by atoms with Crippen molar-refractivity contribution in [3.8, 4) is 17.1 Å². The standard InChI is InChI=1S/C32H39B3N2S/c1-20(2)25-18-24(32(34,35)38(7,8)9)19-26(21(3)4)29(25)37-28-13-11-10-12-27(28)36-30(37)22-14-16-23(17-15-22)31(5,6)33/h10-21H,1-9H3. The van der Waals surface area contributed by atoms with Crippen LogP contribution in [0.25, 0.3) is 28.1 Å². The summed E-state index contributed by atoms with van der Waals surface area (Å²) in [6.45, 7) is 13.0. The second-order valence-corrected chi connectivity index (χ2v) is 16.9. The largest absolute Gasteiger partial charge is 0.292 e. The smallest absolute Gasteiger partial charge is 0.145 e. The summed E-state index contributed by atoms with van der Waals surface area (Å²) in [5.41, 5.74) is 8.79. The first-order valence-corrected chi connectivity index (χ1v) is 16.2. The average molecular weight is 516 g/mol. The molecule has 0 aliphatic rings. The molecule has 4 aromatic rings. The monoisotopic (exact) mass is 516 g/mol. The quantitative estimate of drug-likeness (QED) is 0.233. The number of hydrogen-bond donors (Lipinski definition) is 0. The number of benzene rings is 3. The summed E-state index contributed by atoms with van der Waals surface area (Å²) in [5, 5.41) is -0.407. The van der Waals surface area contributed by atoms with E-state index < -0.39 is 19.9 Å². The van der Waals surface area contributed by atoms with Crippen molar-refractivity contribution in [1.29, 1.82) is 0 Å². The summed E-state index contributed by atoms with van der Waals surface area (Å²) in [7, 11) is 18.8. The lowest BCUT2D eigenvalue weighted by molar-refractivity contribution is 0.764. The molecule has 0 aliphatic carbocycles. The number of hydrogen-bond acceptors (Lipinski definition) is 1. The molecular formula is C32H39B3N2S. The molecule has 2 nitrogen and oxygen atoms in total. The number of imidazole rings is 1. The van der Waals surface area contributed by atoms with Crippen LogP contribution in [0.5, 0.6) is 0 Å².